The average Bonchev–Trinajstić information content (AvgIpc) is 3.87. The maximum Gasteiger partial charge on any atom is 0.320 e. The Labute approximate surface area is 282 Å². The highest BCUT2D eigenvalue weighted by atomic mass is 32.1. The molecule has 7 aromatic rings. The Morgan fingerprint density at radius 1 is 0.792 bits per heavy atom. The van der Waals surface area contributed by atoms with Gasteiger partial charge < -0.3 is 20.0 Å². The number of fused-ring (bicyclic) bond motifs is 1. The van der Waals surface area contributed by atoms with E-state index in [1.54, 1.807) is 17.5 Å². The number of hydrogen-bond acceptors (Lipinski definition) is 11. The summed E-state index contributed by atoms with van der Waals surface area (Å²) in [4.78, 5) is 20.3. The number of anilines is 5. The van der Waals surface area contributed by atoms with Crippen molar-refractivity contribution in [2.45, 2.75) is 19.9 Å². The third-order valence-electron chi connectivity index (χ3n) is 8.53. The Balaban J connectivity index is 1.03. The molecule has 0 atom stereocenters. The van der Waals surface area contributed by atoms with Crippen molar-refractivity contribution in [1.82, 2.24) is 34.4 Å². The lowest BCUT2D eigenvalue weighted by Crippen LogP contribution is -2.48. The van der Waals surface area contributed by atoms with Gasteiger partial charge in [0.2, 0.25) is 11.8 Å². The zero-order valence-electron chi connectivity index (χ0n) is 26.6. The van der Waals surface area contributed by atoms with Gasteiger partial charge in [0.15, 0.2) is 4.96 Å². The van der Waals surface area contributed by atoms with Crippen LogP contribution in [-0.2, 0) is 0 Å². The number of nitrogens with one attached hydrogen (secondary N) is 2. The van der Waals surface area contributed by atoms with Crippen LogP contribution in [0.1, 0.15) is 13.8 Å². The number of aromatic nitrogens is 6. The minimum Gasteiger partial charge on any atom is -0.403 e. The first-order valence-corrected chi connectivity index (χ1v) is 16.9. The van der Waals surface area contributed by atoms with Crippen molar-refractivity contribution in [3.8, 4) is 34.1 Å². The van der Waals surface area contributed by atoms with Crippen molar-refractivity contribution in [3.63, 3.8) is 0 Å². The minimum atomic E-state index is 0.310. The predicted molar refractivity (Wildman–Crippen MR) is 191 cm³/mol. The molecular weight excluding hydrogens is 621 g/mol. The summed E-state index contributed by atoms with van der Waals surface area (Å²) in [5, 5.41) is 17.1. The summed E-state index contributed by atoms with van der Waals surface area (Å²) >= 11 is 1.58. The van der Waals surface area contributed by atoms with Gasteiger partial charge in [0.05, 0.1) is 11.4 Å². The number of imidazole rings is 1. The van der Waals surface area contributed by atoms with Crippen LogP contribution in [0.3, 0.4) is 0 Å². The van der Waals surface area contributed by atoms with Crippen molar-refractivity contribution < 1.29 is 4.42 Å². The van der Waals surface area contributed by atoms with E-state index in [9.17, 15) is 0 Å². The molecule has 48 heavy (non-hydrogen) atoms. The van der Waals surface area contributed by atoms with E-state index in [4.69, 9.17) is 14.4 Å². The molecule has 0 radical (unpaired) electrons. The van der Waals surface area contributed by atoms with Crippen LogP contribution < -0.4 is 15.5 Å². The molecule has 1 aliphatic heterocycles. The Kier molecular flexibility index (Phi) is 8.00. The van der Waals surface area contributed by atoms with Gasteiger partial charge in [0.1, 0.15) is 5.69 Å². The third kappa shape index (κ3) is 6.10. The molecule has 1 aliphatic rings. The summed E-state index contributed by atoms with van der Waals surface area (Å²) in [6.07, 6.45) is 3.80. The second-order valence-electron chi connectivity index (χ2n) is 11.9. The second kappa shape index (κ2) is 12.9. The van der Waals surface area contributed by atoms with Crippen LogP contribution in [0.4, 0.5) is 29.0 Å². The normalized spacial score (nSPS) is 13.8. The molecule has 3 aromatic carbocycles. The van der Waals surface area contributed by atoms with Crippen molar-refractivity contribution in [2.75, 3.05) is 41.7 Å². The second-order valence-corrected chi connectivity index (χ2v) is 12.8. The molecule has 0 spiro atoms. The van der Waals surface area contributed by atoms with Gasteiger partial charge in [-0.25, -0.2) is 15.0 Å². The number of rotatable bonds is 9. The van der Waals surface area contributed by atoms with Crippen LogP contribution in [0.25, 0.3) is 39.1 Å². The van der Waals surface area contributed by atoms with Gasteiger partial charge >= 0.3 is 6.01 Å². The molecule has 240 valence electrons. The fourth-order valence-electron chi connectivity index (χ4n) is 6.00. The van der Waals surface area contributed by atoms with E-state index in [2.05, 4.69) is 78.1 Å². The molecule has 0 saturated carbocycles. The van der Waals surface area contributed by atoms with Gasteiger partial charge in [0.25, 0.3) is 0 Å². The third-order valence-corrected chi connectivity index (χ3v) is 9.28. The molecule has 12 heteroatoms. The summed E-state index contributed by atoms with van der Waals surface area (Å²) in [6.45, 7) is 8.76. The number of benzene rings is 3. The van der Waals surface area contributed by atoms with Crippen LogP contribution in [0.2, 0.25) is 0 Å². The highest BCUT2D eigenvalue weighted by molar-refractivity contribution is 7.15. The van der Waals surface area contributed by atoms with Crippen molar-refractivity contribution in [3.05, 3.63) is 103 Å². The molecule has 8 rings (SSSR count). The molecule has 1 fully saturated rings. The Bertz CT molecular complexity index is 2150. The van der Waals surface area contributed by atoms with Crippen molar-refractivity contribution >= 4 is 45.3 Å². The highest BCUT2D eigenvalue weighted by Gasteiger charge is 2.21. The molecule has 0 aliphatic carbocycles. The standard InChI is InChI=1S/C36H34N10OS/c1-24(2)44-17-19-45(20-18-44)29-13-11-27(12-14-29)38-34-37-16-15-30(40-34)32-31(41-36-46(32)21-22-48-36)26-9-6-10-28(23-26)39-35-43-42-33(47-35)25-7-4-3-5-8-25/h3-16,21-24H,17-20H2,1-2H3,(H,39,43)(H,37,38,40). The van der Waals surface area contributed by atoms with E-state index in [0.29, 0.717) is 23.9 Å². The fraction of sp³-hybridized carbons (Fsp3) is 0.194. The highest BCUT2D eigenvalue weighted by Crippen LogP contribution is 2.35. The smallest absolute Gasteiger partial charge is 0.320 e. The molecular formula is C36H34N10OS. The van der Waals surface area contributed by atoms with E-state index in [1.165, 1.54) is 5.69 Å². The lowest BCUT2D eigenvalue weighted by atomic mass is 10.1. The topological polar surface area (TPSA) is 113 Å². The van der Waals surface area contributed by atoms with Gasteiger partial charge in [-0.05, 0) is 68.4 Å². The zero-order chi connectivity index (χ0) is 32.5. The molecule has 1 saturated heterocycles. The molecule has 11 nitrogen and oxygen atoms in total. The monoisotopic (exact) mass is 654 g/mol. The molecule has 0 bridgehead atoms. The largest absolute Gasteiger partial charge is 0.403 e. The Morgan fingerprint density at radius 3 is 2.42 bits per heavy atom. The average molecular weight is 655 g/mol. The van der Waals surface area contributed by atoms with Crippen LogP contribution in [0.15, 0.2) is 107 Å². The van der Waals surface area contributed by atoms with Crippen LogP contribution in [0.5, 0.6) is 0 Å². The summed E-state index contributed by atoms with van der Waals surface area (Å²) in [5.74, 6) is 0.970. The van der Waals surface area contributed by atoms with E-state index in [-0.39, 0.29) is 0 Å². The van der Waals surface area contributed by atoms with Crippen LogP contribution in [0, 0.1) is 0 Å². The predicted octanol–water partition coefficient (Wildman–Crippen LogP) is 7.59. The van der Waals surface area contributed by atoms with Crippen LogP contribution >= 0.6 is 11.3 Å². The summed E-state index contributed by atoms with van der Waals surface area (Å²) in [6, 6.07) is 29.0. The number of hydrogen-bond donors (Lipinski definition) is 2. The molecule has 0 amide bonds. The zero-order valence-corrected chi connectivity index (χ0v) is 27.4. The van der Waals surface area contributed by atoms with E-state index in [0.717, 1.165) is 70.7 Å². The molecule has 2 N–H and O–H groups in total. The minimum absolute atomic E-state index is 0.310. The van der Waals surface area contributed by atoms with E-state index in [1.807, 2.05) is 72.2 Å². The first-order chi connectivity index (χ1) is 23.6. The SMILES string of the molecule is CC(C)N1CCN(c2ccc(Nc3nccc(-c4c(-c5cccc(Nc6nnc(-c7ccccc7)o6)c5)nc5sccn45)n3)cc2)CC1. The van der Waals surface area contributed by atoms with Gasteiger partial charge in [-0.3, -0.25) is 9.30 Å². The molecule has 4 aromatic heterocycles. The quantitative estimate of drug-likeness (QED) is 0.161. The molecule has 5 heterocycles. The van der Waals surface area contributed by atoms with Gasteiger partial charge in [-0.1, -0.05) is 35.4 Å². The van der Waals surface area contributed by atoms with Gasteiger partial charge in [0, 0.05) is 78.2 Å². The van der Waals surface area contributed by atoms with Crippen molar-refractivity contribution in [1.29, 1.82) is 0 Å². The van der Waals surface area contributed by atoms with Gasteiger partial charge in [-0.2, -0.15) is 0 Å². The van der Waals surface area contributed by atoms with Gasteiger partial charge in [-0.15, -0.1) is 16.4 Å². The summed E-state index contributed by atoms with van der Waals surface area (Å²) in [5.41, 5.74) is 7.20. The number of thiazole rings is 1. The van der Waals surface area contributed by atoms with Crippen molar-refractivity contribution in [2.24, 2.45) is 0 Å². The molecule has 0 unspecified atom stereocenters. The lowest BCUT2D eigenvalue weighted by molar-refractivity contribution is 0.209. The first-order valence-electron chi connectivity index (χ1n) is 16.0. The number of piperazine rings is 1. The maximum atomic E-state index is 5.88. The van der Waals surface area contributed by atoms with E-state index >= 15 is 0 Å². The lowest BCUT2D eigenvalue weighted by Gasteiger charge is -2.38. The fourth-order valence-corrected chi connectivity index (χ4v) is 6.72. The van der Waals surface area contributed by atoms with Crippen LogP contribution in [-0.4, -0.2) is 66.7 Å². The Morgan fingerprint density at radius 2 is 1.60 bits per heavy atom. The van der Waals surface area contributed by atoms with E-state index < -0.39 is 0 Å². The summed E-state index contributed by atoms with van der Waals surface area (Å²) in [7, 11) is 0. The summed E-state index contributed by atoms with van der Waals surface area (Å²) < 4.78 is 7.95. The maximum absolute atomic E-state index is 5.88. The first kappa shape index (κ1) is 29.8. The number of nitrogens with zero attached hydrogens (tertiary/aromatic N) is 8. The Hall–Kier alpha value is -5.59.